The minimum Gasteiger partial charge on any atom is -0.478 e. The highest BCUT2D eigenvalue weighted by atomic mass is 28.3. The molecule has 0 bridgehead atoms. The zero-order chi connectivity index (χ0) is 33.3. The molecule has 2 aromatic rings. The van der Waals surface area contributed by atoms with Crippen LogP contribution < -0.4 is 15.0 Å². The number of carbonyl (C=O) groups is 2. The number of halogens is 5. The van der Waals surface area contributed by atoms with Crippen LogP contribution in [0.25, 0.3) is 5.57 Å². The van der Waals surface area contributed by atoms with Gasteiger partial charge in [-0.1, -0.05) is 25.7 Å². The van der Waals surface area contributed by atoms with E-state index in [0.29, 0.717) is 31.7 Å². The summed E-state index contributed by atoms with van der Waals surface area (Å²) in [7, 11) is 0.350. The van der Waals surface area contributed by atoms with E-state index in [4.69, 9.17) is 4.74 Å². The van der Waals surface area contributed by atoms with Crippen LogP contribution >= 0.6 is 0 Å². The number of pyridine rings is 1. The summed E-state index contributed by atoms with van der Waals surface area (Å²) >= 11 is 0. The van der Waals surface area contributed by atoms with Gasteiger partial charge in [0.05, 0.1) is 29.0 Å². The molecule has 1 aromatic heterocycles. The number of anilines is 2. The lowest BCUT2D eigenvalue weighted by atomic mass is 9.97. The molecule has 45 heavy (non-hydrogen) atoms. The molecule has 1 aromatic carbocycles. The summed E-state index contributed by atoms with van der Waals surface area (Å²) in [5.74, 6) is -3.79. The average molecular weight is 656 g/mol. The molecule has 1 saturated heterocycles. The molecule has 2 aliphatic heterocycles. The third-order valence-electron chi connectivity index (χ3n) is 8.01. The Morgan fingerprint density at radius 1 is 1.16 bits per heavy atom. The Hall–Kier alpha value is -3.72. The van der Waals surface area contributed by atoms with Gasteiger partial charge in [0, 0.05) is 65.2 Å². The van der Waals surface area contributed by atoms with Crippen LogP contribution in [0.15, 0.2) is 24.4 Å². The number of nitrogens with one attached hydrogen (secondary N) is 1. The smallest absolute Gasteiger partial charge is 0.417 e. The normalized spacial score (nSPS) is 18.1. The Kier molecular flexibility index (Phi) is 10.1. The molecule has 0 saturated carbocycles. The van der Waals surface area contributed by atoms with Crippen molar-refractivity contribution < 1.29 is 41.4 Å². The molecule has 1 fully saturated rings. The van der Waals surface area contributed by atoms with Crippen molar-refractivity contribution in [1.82, 2.24) is 14.8 Å². The number of ether oxygens (including phenoxy) is 1. The summed E-state index contributed by atoms with van der Waals surface area (Å²) in [5, 5.41) is 11.7. The predicted molar refractivity (Wildman–Crippen MR) is 164 cm³/mol. The number of carboxylic acid groups (broad SMARTS) is 1. The molecule has 246 valence electrons. The summed E-state index contributed by atoms with van der Waals surface area (Å²) in [6.45, 7) is 9.34. The van der Waals surface area contributed by atoms with Crippen molar-refractivity contribution >= 4 is 37.0 Å². The molecular formula is C30H38F5N5O4Si. The Labute approximate surface area is 259 Å². The second-order valence-corrected chi connectivity index (χ2v) is 18.2. The van der Waals surface area contributed by atoms with Gasteiger partial charge < -0.3 is 29.9 Å². The van der Waals surface area contributed by atoms with Crippen molar-refractivity contribution in [2.75, 3.05) is 56.6 Å². The summed E-state index contributed by atoms with van der Waals surface area (Å²) in [4.78, 5) is 33.7. The first kappa shape index (κ1) is 34.2. The number of rotatable bonds is 8. The largest absolute Gasteiger partial charge is 0.478 e. The van der Waals surface area contributed by atoms with Crippen LogP contribution in [0.2, 0.25) is 25.7 Å². The molecule has 0 spiro atoms. The number of alkyl halides is 3. The fourth-order valence-electron chi connectivity index (χ4n) is 5.20. The first-order valence-corrected chi connectivity index (χ1v) is 18.3. The maximum absolute atomic E-state index is 16.4. The maximum atomic E-state index is 16.4. The monoisotopic (exact) mass is 655 g/mol. The third kappa shape index (κ3) is 8.11. The standard InChI is InChI=1S/C30H38F5N5O4Si/c1-18-16-39(10-9-38(18)2)23-14-22(31)25(19-7-6-8-40(17-19)29(42)43)26(32)27(23)37-28(41)20-15-36-24(13-21(20)30(33,34)35)44-11-12-45(3,4)5/h7,13-15,18H,6,8-12,16-17H2,1-5H3,(H,37,41)(H,42,43). The van der Waals surface area contributed by atoms with Gasteiger partial charge >= 0.3 is 12.3 Å². The number of aromatic nitrogens is 1. The SMILES string of the molecule is CC1CN(c2cc(F)c(C3=CCCN(C(=O)O)C3)c(F)c2NC(=O)c2cnc(OCC[Si](C)(C)C)cc2C(F)(F)F)CCN1C. The molecule has 1 atom stereocenters. The second kappa shape index (κ2) is 13.3. The summed E-state index contributed by atoms with van der Waals surface area (Å²) in [6.07, 6.45) is -3.79. The Balaban J connectivity index is 1.76. The minimum atomic E-state index is -4.97. The Bertz CT molecular complexity index is 1480. The van der Waals surface area contributed by atoms with Crippen molar-refractivity contribution in [1.29, 1.82) is 0 Å². The first-order chi connectivity index (χ1) is 21.0. The lowest BCUT2D eigenvalue weighted by Gasteiger charge is -2.40. The van der Waals surface area contributed by atoms with Crippen LogP contribution in [0.1, 0.15) is 34.8 Å². The second-order valence-electron chi connectivity index (χ2n) is 12.6. The number of hydrogen-bond acceptors (Lipinski definition) is 6. The van der Waals surface area contributed by atoms with E-state index in [1.807, 2.05) is 18.9 Å². The molecule has 2 amide bonds. The molecule has 4 rings (SSSR count). The maximum Gasteiger partial charge on any atom is 0.417 e. The summed E-state index contributed by atoms with van der Waals surface area (Å²) in [5.41, 5.74) is -3.24. The summed E-state index contributed by atoms with van der Waals surface area (Å²) in [6, 6.07) is 2.32. The van der Waals surface area contributed by atoms with E-state index in [1.165, 1.54) is 6.08 Å². The molecule has 3 heterocycles. The Morgan fingerprint density at radius 2 is 1.87 bits per heavy atom. The molecule has 2 aliphatic rings. The van der Waals surface area contributed by atoms with E-state index < -0.39 is 60.3 Å². The van der Waals surface area contributed by atoms with E-state index in [9.17, 15) is 27.9 Å². The molecule has 9 nitrogen and oxygen atoms in total. The van der Waals surface area contributed by atoms with E-state index in [2.05, 4.69) is 29.9 Å². The van der Waals surface area contributed by atoms with Crippen LogP contribution in [0, 0.1) is 11.6 Å². The van der Waals surface area contributed by atoms with Crippen LogP contribution in [0.3, 0.4) is 0 Å². The van der Waals surface area contributed by atoms with Gasteiger partial charge in [-0.05, 0) is 32.0 Å². The van der Waals surface area contributed by atoms with E-state index >= 15 is 8.78 Å². The molecule has 15 heteroatoms. The van der Waals surface area contributed by atoms with Gasteiger partial charge in [0.15, 0.2) is 5.82 Å². The van der Waals surface area contributed by atoms with Crippen molar-refractivity contribution in [2.24, 2.45) is 0 Å². The van der Waals surface area contributed by atoms with Crippen LogP contribution in [0.4, 0.5) is 38.1 Å². The Morgan fingerprint density at radius 3 is 2.49 bits per heavy atom. The number of benzene rings is 1. The van der Waals surface area contributed by atoms with Gasteiger partial charge in [0.2, 0.25) is 5.88 Å². The quantitative estimate of drug-likeness (QED) is 0.256. The number of carbonyl (C=O) groups excluding carboxylic acids is 1. The average Bonchev–Trinajstić information content (AvgIpc) is 2.95. The highest BCUT2D eigenvalue weighted by Crippen LogP contribution is 2.39. The van der Waals surface area contributed by atoms with Gasteiger partial charge in [-0.15, -0.1) is 0 Å². The van der Waals surface area contributed by atoms with Crippen molar-refractivity contribution in [3.63, 3.8) is 0 Å². The zero-order valence-electron chi connectivity index (χ0n) is 25.9. The third-order valence-corrected chi connectivity index (χ3v) is 9.71. The van der Waals surface area contributed by atoms with Crippen molar-refractivity contribution in [3.8, 4) is 5.88 Å². The van der Waals surface area contributed by atoms with E-state index in [1.54, 1.807) is 4.90 Å². The fourth-order valence-corrected chi connectivity index (χ4v) is 5.91. The lowest BCUT2D eigenvalue weighted by Crippen LogP contribution is -2.50. The number of amides is 2. The molecule has 0 aliphatic carbocycles. The molecular weight excluding hydrogens is 617 g/mol. The van der Waals surface area contributed by atoms with Gasteiger partial charge in [0.1, 0.15) is 11.5 Å². The number of likely N-dealkylation sites (N-methyl/N-ethyl adjacent to an activating group) is 1. The number of hydrogen-bond donors (Lipinski definition) is 2. The molecule has 2 N–H and O–H groups in total. The molecule has 1 unspecified atom stereocenters. The van der Waals surface area contributed by atoms with E-state index in [-0.39, 0.29) is 49.3 Å². The lowest BCUT2D eigenvalue weighted by molar-refractivity contribution is -0.138. The fraction of sp³-hybridized carbons (Fsp3) is 0.500. The van der Waals surface area contributed by atoms with Crippen molar-refractivity contribution in [2.45, 2.75) is 51.2 Å². The topological polar surface area (TPSA) is 98.2 Å². The summed E-state index contributed by atoms with van der Waals surface area (Å²) < 4.78 is 80.0. The first-order valence-electron chi connectivity index (χ1n) is 14.6. The van der Waals surface area contributed by atoms with Gasteiger partial charge in [-0.3, -0.25) is 4.79 Å². The van der Waals surface area contributed by atoms with Crippen LogP contribution in [-0.4, -0.2) is 92.4 Å². The van der Waals surface area contributed by atoms with Gasteiger partial charge in [-0.25, -0.2) is 18.6 Å². The number of nitrogens with zero attached hydrogens (tertiary/aromatic N) is 4. The van der Waals surface area contributed by atoms with Gasteiger partial charge in [0.25, 0.3) is 5.91 Å². The van der Waals surface area contributed by atoms with Gasteiger partial charge in [-0.2, -0.15) is 13.2 Å². The zero-order valence-corrected chi connectivity index (χ0v) is 26.9. The van der Waals surface area contributed by atoms with Crippen LogP contribution in [-0.2, 0) is 6.18 Å². The highest BCUT2D eigenvalue weighted by molar-refractivity contribution is 6.76. The van der Waals surface area contributed by atoms with Crippen molar-refractivity contribution in [3.05, 3.63) is 52.7 Å². The highest BCUT2D eigenvalue weighted by Gasteiger charge is 2.37. The van der Waals surface area contributed by atoms with Crippen LogP contribution in [0.5, 0.6) is 5.88 Å². The van der Waals surface area contributed by atoms with E-state index in [0.717, 1.165) is 17.2 Å². The predicted octanol–water partition coefficient (Wildman–Crippen LogP) is 6.26. The molecule has 0 radical (unpaired) electrons. The number of piperazine rings is 1. The minimum absolute atomic E-state index is 0.0344.